The van der Waals surface area contributed by atoms with Crippen molar-refractivity contribution in [3.8, 4) is 11.8 Å². The number of para-hydroxylation sites is 2. The number of halogens is 1. The van der Waals surface area contributed by atoms with E-state index in [0.29, 0.717) is 4.91 Å². The Morgan fingerprint density at radius 3 is 2.68 bits per heavy atom. The van der Waals surface area contributed by atoms with Gasteiger partial charge < -0.3 is 4.57 Å². The van der Waals surface area contributed by atoms with Crippen LogP contribution in [0.15, 0.2) is 68.3 Å². The summed E-state index contributed by atoms with van der Waals surface area (Å²) in [7, 11) is 0. The van der Waals surface area contributed by atoms with Gasteiger partial charge in [-0.2, -0.15) is 5.26 Å². The number of aryl methyl sites for hydroxylation is 1. The van der Waals surface area contributed by atoms with Crippen molar-refractivity contribution < 1.29 is 0 Å². The maximum absolute atomic E-state index is 9.68. The molecule has 2 aromatic carbocycles. The molecule has 4 aromatic rings. The number of hydrogen-bond acceptors (Lipinski definition) is 4. The van der Waals surface area contributed by atoms with Crippen LogP contribution in [-0.2, 0) is 0 Å². The molecule has 0 N–H and O–H groups in total. The molecule has 0 atom stereocenters. The molecule has 2 aromatic heterocycles. The zero-order valence-electron chi connectivity index (χ0n) is 15.3. The van der Waals surface area contributed by atoms with Gasteiger partial charge >= 0.3 is 0 Å². The Kier molecular flexibility index (Phi) is 5.40. The maximum atomic E-state index is 9.68. The van der Waals surface area contributed by atoms with Gasteiger partial charge in [0.15, 0.2) is 4.34 Å². The Hall–Kier alpha value is -2.33. The number of fused-ring (bicyclic) bond motifs is 1. The summed E-state index contributed by atoms with van der Waals surface area (Å²) >= 11 is 6.67. The van der Waals surface area contributed by atoms with Gasteiger partial charge in [0.25, 0.3) is 0 Å². The van der Waals surface area contributed by atoms with Crippen LogP contribution in [0, 0.1) is 25.2 Å². The fourth-order valence-corrected chi connectivity index (χ4v) is 5.58. The van der Waals surface area contributed by atoms with E-state index in [4.69, 9.17) is 0 Å². The molecule has 4 rings (SSSR count). The average molecular weight is 466 g/mol. The third kappa shape index (κ3) is 3.66. The molecule has 0 amide bonds. The van der Waals surface area contributed by atoms with Crippen LogP contribution in [0.4, 0.5) is 0 Å². The molecule has 0 aliphatic rings. The van der Waals surface area contributed by atoms with Crippen molar-refractivity contribution in [3.05, 3.63) is 80.9 Å². The number of thioether (sulfide) groups is 1. The lowest BCUT2D eigenvalue weighted by Crippen LogP contribution is -1.99. The number of rotatable bonds is 4. The minimum absolute atomic E-state index is 0.631. The summed E-state index contributed by atoms with van der Waals surface area (Å²) in [6.07, 6.45) is 1.95. The van der Waals surface area contributed by atoms with Crippen LogP contribution in [0.2, 0.25) is 0 Å². The van der Waals surface area contributed by atoms with Gasteiger partial charge in [0.05, 0.1) is 20.8 Å². The van der Waals surface area contributed by atoms with Crippen molar-refractivity contribution in [2.45, 2.75) is 18.2 Å². The van der Waals surface area contributed by atoms with Crippen LogP contribution in [0.5, 0.6) is 0 Å². The first-order valence-corrected chi connectivity index (χ1v) is 11.1. The molecule has 0 spiro atoms. The van der Waals surface area contributed by atoms with Crippen molar-refractivity contribution >= 4 is 55.3 Å². The van der Waals surface area contributed by atoms with Crippen LogP contribution >= 0.6 is 39.0 Å². The zero-order chi connectivity index (χ0) is 19.7. The van der Waals surface area contributed by atoms with E-state index in [0.717, 1.165) is 41.7 Å². The van der Waals surface area contributed by atoms with Crippen molar-refractivity contribution in [1.82, 2.24) is 9.55 Å². The van der Waals surface area contributed by atoms with Crippen molar-refractivity contribution in [3.63, 3.8) is 0 Å². The minimum Gasteiger partial charge on any atom is -0.317 e. The standard InChI is InChI=1S/C22H16BrN3S2/c1-14-11-16(15(2)26(14)20-9-5-3-7-18(20)23)12-17(13-24)27-22-25-19-8-4-6-10-21(19)28-22/h3-12H,1-2H3/b17-12+. The number of aromatic nitrogens is 2. The summed E-state index contributed by atoms with van der Waals surface area (Å²) in [4.78, 5) is 5.26. The van der Waals surface area contributed by atoms with Crippen LogP contribution in [0.25, 0.3) is 22.0 Å². The monoisotopic (exact) mass is 465 g/mol. The number of allylic oxidation sites excluding steroid dienone is 1. The fourth-order valence-electron chi connectivity index (χ4n) is 3.15. The molecule has 0 saturated heterocycles. The first kappa shape index (κ1) is 19.0. The fraction of sp³-hybridized carbons (Fsp3) is 0.0909. The van der Waals surface area contributed by atoms with E-state index in [1.54, 1.807) is 11.3 Å². The highest BCUT2D eigenvalue weighted by Gasteiger charge is 2.13. The molecule has 0 fully saturated rings. The second kappa shape index (κ2) is 7.96. The predicted molar refractivity (Wildman–Crippen MR) is 122 cm³/mol. The molecule has 0 aliphatic carbocycles. The summed E-state index contributed by atoms with van der Waals surface area (Å²) in [5.41, 5.74) is 5.33. The highest BCUT2D eigenvalue weighted by Crippen LogP contribution is 2.35. The van der Waals surface area contributed by atoms with Gasteiger partial charge in [0.2, 0.25) is 0 Å². The van der Waals surface area contributed by atoms with Gasteiger partial charge in [-0.3, -0.25) is 0 Å². The molecule has 0 bridgehead atoms. The highest BCUT2D eigenvalue weighted by atomic mass is 79.9. The first-order chi connectivity index (χ1) is 13.6. The van der Waals surface area contributed by atoms with E-state index in [9.17, 15) is 5.26 Å². The third-order valence-corrected chi connectivity index (χ3v) is 7.13. The van der Waals surface area contributed by atoms with E-state index in [-0.39, 0.29) is 0 Å². The SMILES string of the molecule is Cc1cc(/C=C(\C#N)Sc2nc3ccccc3s2)c(C)n1-c1ccccc1Br. The normalized spacial score (nSPS) is 11.7. The van der Waals surface area contributed by atoms with E-state index < -0.39 is 0 Å². The Balaban J connectivity index is 1.70. The van der Waals surface area contributed by atoms with Gasteiger partial charge in [-0.25, -0.2) is 4.98 Å². The molecular weight excluding hydrogens is 450 g/mol. The Morgan fingerprint density at radius 1 is 1.18 bits per heavy atom. The number of hydrogen-bond donors (Lipinski definition) is 0. The molecule has 3 nitrogen and oxygen atoms in total. The van der Waals surface area contributed by atoms with Gasteiger partial charge in [0.1, 0.15) is 6.07 Å². The molecular formula is C22H16BrN3S2. The zero-order valence-corrected chi connectivity index (χ0v) is 18.5. The van der Waals surface area contributed by atoms with E-state index in [2.05, 4.69) is 63.6 Å². The number of thiazole rings is 1. The van der Waals surface area contributed by atoms with Gasteiger partial charge in [-0.05, 0) is 83.5 Å². The largest absolute Gasteiger partial charge is 0.317 e. The third-order valence-electron chi connectivity index (χ3n) is 4.43. The smallest absolute Gasteiger partial charge is 0.156 e. The first-order valence-electron chi connectivity index (χ1n) is 8.66. The summed E-state index contributed by atoms with van der Waals surface area (Å²) < 4.78 is 5.26. The lowest BCUT2D eigenvalue weighted by molar-refractivity contribution is 0.959. The van der Waals surface area contributed by atoms with E-state index in [1.165, 1.54) is 11.8 Å². The summed E-state index contributed by atoms with van der Waals surface area (Å²) in [6, 6.07) is 20.6. The molecule has 0 saturated carbocycles. The van der Waals surface area contributed by atoms with Crippen LogP contribution < -0.4 is 0 Å². The Morgan fingerprint density at radius 2 is 1.93 bits per heavy atom. The summed E-state index contributed by atoms with van der Waals surface area (Å²) in [5, 5.41) is 9.68. The quantitative estimate of drug-likeness (QED) is 0.237. The van der Waals surface area contributed by atoms with E-state index in [1.807, 2.05) is 42.5 Å². The lowest BCUT2D eigenvalue weighted by atomic mass is 10.2. The summed E-state index contributed by atoms with van der Waals surface area (Å²) in [6.45, 7) is 4.16. The number of nitriles is 1. The second-order valence-electron chi connectivity index (χ2n) is 6.28. The predicted octanol–water partition coefficient (Wildman–Crippen LogP) is 7.12. The van der Waals surface area contributed by atoms with E-state index >= 15 is 0 Å². The highest BCUT2D eigenvalue weighted by molar-refractivity contribution is 9.10. The number of benzene rings is 2. The summed E-state index contributed by atoms with van der Waals surface area (Å²) in [5.74, 6) is 0. The van der Waals surface area contributed by atoms with Gasteiger partial charge in [-0.15, -0.1) is 11.3 Å². The van der Waals surface area contributed by atoms with Gasteiger partial charge in [-0.1, -0.05) is 24.3 Å². The molecule has 2 heterocycles. The minimum atomic E-state index is 0.631. The van der Waals surface area contributed by atoms with Crippen LogP contribution in [-0.4, -0.2) is 9.55 Å². The maximum Gasteiger partial charge on any atom is 0.156 e. The number of nitrogens with zero attached hydrogens (tertiary/aromatic N) is 3. The van der Waals surface area contributed by atoms with Crippen molar-refractivity contribution in [2.24, 2.45) is 0 Å². The van der Waals surface area contributed by atoms with Crippen molar-refractivity contribution in [2.75, 3.05) is 0 Å². The second-order valence-corrected chi connectivity index (χ2v) is 9.46. The average Bonchev–Trinajstić information content (AvgIpc) is 3.22. The molecule has 0 radical (unpaired) electrons. The molecule has 6 heteroatoms. The molecule has 0 unspecified atom stereocenters. The molecule has 28 heavy (non-hydrogen) atoms. The Labute approximate surface area is 180 Å². The van der Waals surface area contributed by atoms with Crippen molar-refractivity contribution in [1.29, 1.82) is 5.26 Å². The van der Waals surface area contributed by atoms with Crippen LogP contribution in [0.1, 0.15) is 17.0 Å². The molecule has 0 aliphatic heterocycles. The van der Waals surface area contributed by atoms with Gasteiger partial charge in [0, 0.05) is 15.9 Å². The topological polar surface area (TPSA) is 41.6 Å². The Bertz CT molecular complexity index is 1210. The van der Waals surface area contributed by atoms with Crippen LogP contribution in [0.3, 0.4) is 0 Å². The molecule has 138 valence electrons. The lowest BCUT2D eigenvalue weighted by Gasteiger charge is -2.11.